The van der Waals surface area contributed by atoms with Gasteiger partial charge in [-0.15, -0.1) is 0 Å². The molecule has 2 atom stereocenters. The molecule has 4 aromatic carbocycles. The van der Waals surface area contributed by atoms with Crippen molar-refractivity contribution < 1.29 is 18.0 Å². The van der Waals surface area contributed by atoms with Crippen molar-refractivity contribution in [3.63, 3.8) is 0 Å². The third kappa shape index (κ3) is 9.07. The maximum Gasteiger partial charge on any atom is 0.264 e. The van der Waals surface area contributed by atoms with Gasteiger partial charge in [0.1, 0.15) is 12.6 Å². The van der Waals surface area contributed by atoms with E-state index in [9.17, 15) is 18.0 Å². The molecule has 7 nitrogen and oxygen atoms in total. The molecule has 0 spiro atoms. The second-order valence-corrected chi connectivity index (χ2v) is 14.5. The zero-order valence-corrected chi connectivity index (χ0v) is 29.2. The van der Waals surface area contributed by atoms with Crippen molar-refractivity contribution in [1.29, 1.82) is 0 Å². The maximum absolute atomic E-state index is 14.6. The molecule has 0 radical (unpaired) electrons. The molecule has 1 N–H and O–H groups in total. The van der Waals surface area contributed by atoms with Crippen LogP contribution in [0.15, 0.2) is 119 Å². The Morgan fingerprint density at radius 1 is 0.804 bits per heavy atom. The SMILES string of the molecule is CC[C@H](C)NC(=O)[C@H](Cc1ccccc1)N(Cc1cccc(Br)c1)C(=O)CN(c1ccc(C(C)C)cc1)S(=O)(=O)c1ccccc1. The van der Waals surface area contributed by atoms with E-state index < -0.39 is 28.5 Å². The average molecular weight is 705 g/mol. The van der Waals surface area contributed by atoms with Gasteiger partial charge in [0.2, 0.25) is 11.8 Å². The monoisotopic (exact) mass is 703 g/mol. The number of hydrogen-bond donors (Lipinski definition) is 1. The molecular weight excluding hydrogens is 662 g/mol. The molecule has 0 aliphatic carbocycles. The molecule has 0 heterocycles. The summed E-state index contributed by atoms with van der Waals surface area (Å²) in [6, 6.07) is 31.4. The summed E-state index contributed by atoms with van der Waals surface area (Å²) in [5.41, 5.74) is 3.11. The van der Waals surface area contributed by atoms with Crippen LogP contribution in [0.5, 0.6) is 0 Å². The highest BCUT2D eigenvalue weighted by Crippen LogP contribution is 2.27. The Morgan fingerprint density at radius 3 is 2.00 bits per heavy atom. The largest absolute Gasteiger partial charge is 0.352 e. The van der Waals surface area contributed by atoms with Crippen LogP contribution in [-0.4, -0.2) is 43.8 Å². The Hall–Kier alpha value is -3.95. The van der Waals surface area contributed by atoms with Gasteiger partial charge in [-0.2, -0.15) is 0 Å². The van der Waals surface area contributed by atoms with E-state index in [-0.39, 0.29) is 35.7 Å². The summed E-state index contributed by atoms with van der Waals surface area (Å²) < 4.78 is 30.3. The van der Waals surface area contributed by atoms with Crippen LogP contribution in [0, 0.1) is 0 Å². The van der Waals surface area contributed by atoms with E-state index in [1.54, 1.807) is 30.3 Å². The summed E-state index contributed by atoms with van der Waals surface area (Å²) in [4.78, 5) is 30.1. The van der Waals surface area contributed by atoms with Gasteiger partial charge in [-0.1, -0.05) is 109 Å². The Kier molecular flexibility index (Phi) is 12.2. The zero-order chi connectivity index (χ0) is 33.3. The smallest absolute Gasteiger partial charge is 0.264 e. The number of amides is 2. The lowest BCUT2D eigenvalue weighted by Gasteiger charge is -2.34. The van der Waals surface area contributed by atoms with Crippen LogP contribution in [0.1, 0.15) is 56.7 Å². The molecule has 2 amide bonds. The van der Waals surface area contributed by atoms with Gasteiger partial charge in [0.05, 0.1) is 10.6 Å². The number of hydrogen-bond acceptors (Lipinski definition) is 4. The number of nitrogens with one attached hydrogen (secondary N) is 1. The highest BCUT2D eigenvalue weighted by atomic mass is 79.9. The Balaban J connectivity index is 1.81. The van der Waals surface area contributed by atoms with Gasteiger partial charge in [0.25, 0.3) is 10.0 Å². The number of anilines is 1. The van der Waals surface area contributed by atoms with Crippen LogP contribution in [0.3, 0.4) is 0 Å². The molecule has 4 rings (SSSR count). The predicted octanol–water partition coefficient (Wildman–Crippen LogP) is 7.32. The van der Waals surface area contributed by atoms with Gasteiger partial charge in [0, 0.05) is 23.5 Å². The van der Waals surface area contributed by atoms with Crippen LogP contribution >= 0.6 is 15.9 Å². The predicted molar refractivity (Wildman–Crippen MR) is 188 cm³/mol. The van der Waals surface area contributed by atoms with E-state index >= 15 is 0 Å². The van der Waals surface area contributed by atoms with Crippen LogP contribution in [0.4, 0.5) is 5.69 Å². The van der Waals surface area contributed by atoms with Gasteiger partial charge in [0.15, 0.2) is 0 Å². The summed E-state index contributed by atoms with van der Waals surface area (Å²) in [5, 5.41) is 3.07. The summed E-state index contributed by atoms with van der Waals surface area (Å²) >= 11 is 3.52. The van der Waals surface area contributed by atoms with Crippen LogP contribution in [0.25, 0.3) is 0 Å². The van der Waals surface area contributed by atoms with Crippen molar-refractivity contribution in [2.45, 2.75) is 70.0 Å². The van der Waals surface area contributed by atoms with E-state index in [0.717, 1.165) is 31.9 Å². The van der Waals surface area contributed by atoms with Gasteiger partial charge in [-0.05, 0) is 72.4 Å². The van der Waals surface area contributed by atoms with Crippen molar-refractivity contribution in [1.82, 2.24) is 10.2 Å². The first-order valence-electron chi connectivity index (χ1n) is 15.6. The maximum atomic E-state index is 14.6. The lowest BCUT2D eigenvalue weighted by Crippen LogP contribution is -2.54. The van der Waals surface area contributed by atoms with E-state index in [4.69, 9.17) is 0 Å². The molecule has 0 fully saturated rings. The summed E-state index contributed by atoms with van der Waals surface area (Å²) in [5.74, 6) is -0.536. The highest BCUT2D eigenvalue weighted by molar-refractivity contribution is 9.10. The molecule has 4 aromatic rings. The molecule has 0 saturated heterocycles. The molecule has 0 aromatic heterocycles. The molecule has 9 heteroatoms. The standard InChI is InChI=1S/C37H42BrN3O4S/c1-5-28(4)39-37(43)35(24-29-13-8-6-9-14-29)40(25-30-15-12-16-32(38)23-30)36(42)26-41(33-21-19-31(20-22-33)27(2)3)46(44,45)34-17-10-7-11-18-34/h6-23,27-28,35H,5,24-26H2,1-4H3,(H,39,43)/t28-,35-/m0/s1. The second kappa shape index (κ2) is 16.1. The summed E-state index contributed by atoms with van der Waals surface area (Å²) in [6.07, 6.45) is 0.982. The fraction of sp³-hybridized carbons (Fsp3) is 0.297. The third-order valence-corrected chi connectivity index (χ3v) is 10.3. The summed E-state index contributed by atoms with van der Waals surface area (Å²) in [7, 11) is -4.15. The minimum Gasteiger partial charge on any atom is -0.352 e. The molecular formula is C37H42BrN3O4S. The molecule has 0 unspecified atom stereocenters. The van der Waals surface area contributed by atoms with Crippen molar-refractivity contribution in [3.05, 3.63) is 130 Å². The number of halogens is 1. The molecule has 242 valence electrons. The lowest BCUT2D eigenvalue weighted by atomic mass is 10.0. The van der Waals surface area contributed by atoms with Gasteiger partial charge < -0.3 is 10.2 Å². The second-order valence-electron chi connectivity index (χ2n) is 11.7. The van der Waals surface area contributed by atoms with Crippen LogP contribution < -0.4 is 9.62 Å². The van der Waals surface area contributed by atoms with Gasteiger partial charge in [-0.3, -0.25) is 13.9 Å². The van der Waals surface area contributed by atoms with E-state index in [1.807, 2.05) is 80.6 Å². The van der Waals surface area contributed by atoms with E-state index in [1.165, 1.54) is 17.0 Å². The first-order valence-corrected chi connectivity index (χ1v) is 17.8. The molecule has 46 heavy (non-hydrogen) atoms. The minimum atomic E-state index is -4.15. The van der Waals surface area contributed by atoms with Crippen LogP contribution in [0.2, 0.25) is 0 Å². The zero-order valence-electron chi connectivity index (χ0n) is 26.8. The van der Waals surface area contributed by atoms with E-state index in [2.05, 4.69) is 35.1 Å². The molecule has 0 bridgehead atoms. The Labute approximate surface area is 281 Å². The number of benzene rings is 4. The van der Waals surface area contributed by atoms with Gasteiger partial charge in [-0.25, -0.2) is 8.42 Å². The lowest BCUT2D eigenvalue weighted by molar-refractivity contribution is -0.140. The Morgan fingerprint density at radius 2 is 1.41 bits per heavy atom. The normalized spacial score (nSPS) is 12.7. The Bertz CT molecular complexity index is 1700. The average Bonchev–Trinajstić information content (AvgIpc) is 3.05. The fourth-order valence-corrected chi connectivity index (χ4v) is 6.98. The number of sulfonamides is 1. The van der Waals surface area contributed by atoms with E-state index in [0.29, 0.717) is 5.69 Å². The first-order chi connectivity index (χ1) is 22.0. The molecule has 0 saturated carbocycles. The topological polar surface area (TPSA) is 86.8 Å². The minimum absolute atomic E-state index is 0.0737. The molecule has 0 aliphatic rings. The van der Waals surface area contributed by atoms with Crippen molar-refractivity contribution in [2.75, 3.05) is 10.8 Å². The van der Waals surface area contributed by atoms with Crippen LogP contribution in [-0.2, 0) is 32.6 Å². The first kappa shape index (κ1) is 34.9. The third-order valence-electron chi connectivity index (χ3n) is 7.97. The van der Waals surface area contributed by atoms with Crippen molar-refractivity contribution in [3.8, 4) is 0 Å². The molecule has 0 aliphatic heterocycles. The number of carbonyl (C=O) groups is 2. The summed E-state index contributed by atoms with van der Waals surface area (Å²) in [6.45, 7) is 7.65. The van der Waals surface area contributed by atoms with Gasteiger partial charge >= 0.3 is 0 Å². The number of carbonyl (C=O) groups excluding carboxylic acids is 2. The fourth-order valence-electron chi connectivity index (χ4n) is 5.10. The highest BCUT2D eigenvalue weighted by Gasteiger charge is 2.35. The van der Waals surface area contributed by atoms with Crippen molar-refractivity contribution in [2.24, 2.45) is 0 Å². The van der Waals surface area contributed by atoms with Crippen molar-refractivity contribution >= 4 is 43.5 Å². The number of rotatable bonds is 14. The number of nitrogens with zero attached hydrogens (tertiary/aromatic N) is 2. The quantitative estimate of drug-likeness (QED) is 0.149.